The molecular weight excluding hydrogens is 410 g/mol. The summed E-state index contributed by atoms with van der Waals surface area (Å²) in [5.41, 5.74) is 0.224. The molecule has 32 heavy (non-hydrogen) atoms. The summed E-state index contributed by atoms with van der Waals surface area (Å²) in [6.45, 7) is 6.73. The van der Waals surface area contributed by atoms with Crippen LogP contribution >= 0.6 is 0 Å². The van der Waals surface area contributed by atoms with Crippen molar-refractivity contribution in [3.8, 4) is 0 Å². The Balaban J connectivity index is 1.45. The number of piperidine rings is 1. The van der Waals surface area contributed by atoms with Crippen LogP contribution in [0.2, 0.25) is 0 Å². The molecule has 0 aliphatic carbocycles. The second-order valence-corrected chi connectivity index (χ2v) is 8.05. The molecule has 4 rings (SSSR count). The summed E-state index contributed by atoms with van der Waals surface area (Å²) >= 11 is 0. The molecule has 1 fully saturated rings. The maximum absolute atomic E-state index is 13.1. The van der Waals surface area contributed by atoms with Gasteiger partial charge in [0.2, 0.25) is 0 Å². The predicted octanol–water partition coefficient (Wildman–Crippen LogP) is 2.42. The Labute approximate surface area is 185 Å². The summed E-state index contributed by atoms with van der Waals surface area (Å²) in [5, 5.41) is 8.86. The summed E-state index contributed by atoms with van der Waals surface area (Å²) in [5.74, 6) is -0.298. The van der Waals surface area contributed by atoms with E-state index in [0.717, 1.165) is 18.2 Å². The molecule has 0 saturated carbocycles. The molecule has 1 aliphatic heterocycles. The summed E-state index contributed by atoms with van der Waals surface area (Å²) in [6.07, 6.45) is 3.42. The number of fused-ring (bicyclic) bond motifs is 1. The number of carbonyl (C=O) groups excluding carboxylic acids is 2. The highest BCUT2D eigenvalue weighted by molar-refractivity contribution is 5.96. The van der Waals surface area contributed by atoms with Gasteiger partial charge in [-0.15, -0.1) is 5.10 Å². The third-order valence-electron chi connectivity index (χ3n) is 5.93. The first-order valence-corrected chi connectivity index (χ1v) is 11.0. The zero-order chi connectivity index (χ0) is 22.7. The standard InChI is InChI=1S/C23H27N5O4/c1-3-26(4-2)22(30)19-15-28(25-24-19)14-16-8-7-11-27(13-16)21(29)18-12-17-9-5-6-10-20(17)32-23(18)31/h5-6,9-10,12,15-16H,3-4,7-8,11,13-14H2,1-2H3/t16-/m1/s1. The fourth-order valence-electron chi connectivity index (χ4n) is 4.20. The van der Waals surface area contributed by atoms with Gasteiger partial charge in [0.1, 0.15) is 11.1 Å². The van der Waals surface area contributed by atoms with Gasteiger partial charge >= 0.3 is 5.63 Å². The van der Waals surface area contributed by atoms with Gasteiger partial charge in [-0.1, -0.05) is 23.4 Å². The molecule has 1 aromatic carbocycles. The fourth-order valence-corrected chi connectivity index (χ4v) is 4.20. The van der Waals surface area contributed by atoms with Crippen LogP contribution < -0.4 is 5.63 Å². The number of amides is 2. The van der Waals surface area contributed by atoms with E-state index in [1.165, 1.54) is 0 Å². The SMILES string of the molecule is CCN(CC)C(=O)c1cn(C[C@@H]2CCCN(C(=O)c3cc4ccccc4oc3=O)C2)nn1. The third-order valence-corrected chi connectivity index (χ3v) is 5.93. The average Bonchev–Trinajstić information content (AvgIpc) is 3.27. The third kappa shape index (κ3) is 4.42. The maximum atomic E-state index is 13.1. The maximum Gasteiger partial charge on any atom is 0.349 e. The Kier molecular flexibility index (Phi) is 6.34. The number of rotatable bonds is 6. The summed E-state index contributed by atoms with van der Waals surface area (Å²) < 4.78 is 7.00. The second-order valence-electron chi connectivity index (χ2n) is 8.05. The van der Waals surface area contributed by atoms with Crippen molar-refractivity contribution in [1.29, 1.82) is 0 Å². The van der Waals surface area contributed by atoms with E-state index in [4.69, 9.17) is 4.42 Å². The molecule has 9 nitrogen and oxygen atoms in total. The van der Waals surface area contributed by atoms with E-state index in [1.807, 2.05) is 26.0 Å². The highest BCUT2D eigenvalue weighted by Crippen LogP contribution is 2.21. The number of carbonyl (C=O) groups is 2. The van der Waals surface area contributed by atoms with E-state index >= 15 is 0 Å². The Bertz CT molecular complexity index is 1180. The summed E-state index contributed by atoms with van der Waals surface area (Å²) in [4.78, 5) is 41.3. The molecule has 1 aliphatic rings. The average molecular weight is 438 g/mol. The van der Waals surface area contributed by atoms with Crippen LogP contribution in [0.4, 0.5) is 0 Å². The molecule has 9 heteroatoms. The molecule has 168 valence electrons. The van der Waals surface area contributed by atoms with Crippen molar-refractivity contribution in [1.82, 2.24) is 24.8 Å². The van der Waals surface area contributed by atoms with Gasteiger partial charge in [0.25, 0.3) is 11.8 Å². The smallest absolute Gasteiger partial charge is 0.349 e. The molecule has 1 saturated heterocycles. The Morgan fingerprint density at radius 1 is 1.22 bits per heavy atom. The monoisotopic (exact) mass is 437 g/mol. The van der Waals surface area contributed by atoms with E-state index in [9.17, 15) is 14.4 Å². The van der Waals surface area contributed by atoms with Crippen LogP contribution in [-0.2, 0) is 6.54 Å². The minimum Gasteiger partial charge on any atom is -0.422 e. The first-order chi connectivity index (χ1) is 15.5. The number of benzene rings is 1. The highest BCUT2D eigenvalue weighted by atomic mass is 16.4. The van der Waals surface area contributed by atoms with Gasteiger partial charge in [-0.25, -0.2) is 4.79 Å². The van der Waals surface area contributed by atoms with Gasteiger partial charge < -0.3 is 14.2 Å². The van der Waals surface area contributed by atoms with Crippen LogP contribution in [0.5, 0.6) is 0 Å². The molecule has 2 amide bonds. The molecule has 0 spiro atoms. The van der Waals surface area contributed by atoms with Gasteiger partial charge in [-0.2, -0.15) is 0 Å². The van der Waals surface area contributed by atoms with Crippen LogP contribution in [0.1, 0.15) is 47.5 Å². The molecule has 0 unspecified atom stereocenters. The zero-order valence-corrected chi connectivity index (χ0v) is 18.4. The fraction of sp³-hybridized carbons (Fsp3) is 0.435. The van der Waals surface area contributed by atoms with Crippen LogP contribution in [0.15, 0.2) is 45.7 Å². The predicted molar refractivity (Wildman–Crippen MR) is 118 cm³/mol. The number of hydrogen-bond donors (Lipinski definition) is 0. The molecule has 0 N–H and O–H groups in total. The van der Waals surface area contributed by atoms with Crippen molar-refractivity contribution in [3.63, 3.8) is 0 Å². The lowest BCUT2D eigenvalue weighted by Gasteiger charge is -2.32. The molecule has 3 heterocycles. The Morgan fingerprint density at radius 2 is 2.00 bits per heavy atom. The highest BCUT2D eigenvalue weighted by Gasteiger charge is 2.27. The van der Waals surface area contributed by atoms with Gasteiger partial charge in [0, 0.05) is 38.1 Å². The number of para-hydroxylation sites is 1. The van der Waals surface area contributed by atoms with Crippen LogP contribution in [0.25, 0.3) is 11.0 Å². The van der Waals surface area contributed by atoms with E-state index in [1.54, 1.807) is 38.9 Å². The first-order valence-electron chi connectivity index (χ1n) is 11.0. The number of nitrogens with zero attached hydrogens (tertiary/aromatic N) is 5. The van der Waals surface area contributed by atoms with Gasteiger partial charge in [-0.05, 0) is 44.7 Å². The van der Waals surface area contributed by atoms with Crippen molar-refractivity contribution in [2.75, 3.05) is 26.2 Å². The minimum atomic E-state index is -0.619. The topological polar surface area (TPSA) is 102 Å². The molecule has 2 aromatic heterocycles. The molecule has 3 aromatic rings. The molecule has 0 bridgehead atoms. The van der Waals surface area contributed by atoms with E-state index in [0.29, 0.717) is 44.0 Å². The van der Waals surface area contributed by atoms with E-state index < -0.39 is 5.63 Å². The number of likely N-dealkylation sites (tertiary alicyclic amines) is 1. The Hall–Kier alpha value is -3.49. The van der Waals surface area contributed by atoms with Gasteiger partial charge in [-0.3, -0.25) is 14.3 Å². The van der Waals surface area contributed by atoms with Crippen LogP contribution in [0.3, 0.4) is 0 Å². The van der Waals surface area contributed by atoms with Gasteiger partial charge in [0.05, 0.1) is 6.20 Å². The molecular formula is C23H27N5O4. The Morgan fingerprint density at radius 3 is 2.78 bits per heavy atom. The van der Waals surface area contributed by atoms with Crippen molar-refractivity contribution >= 4 is 22.8 Å². The van der Waals surface area contributed by atoms with Gasteiger partial charge in [0.15, 0.2) is 5.69 Å². The lowest BCUT2D eigenvalue weighted by Crippen LogP contribution is -2.42. The first kappa shape index (κ1) is 21.7. The van der Waals surface area contributed by atoms with Crippen LogP contribution in [-0.4, -0.2) is 62.8 Å². The lowest BCUT2D eigenvalue weighted by atomic mass is 9.97. The van der Waals surface area contributed by atoms with Crippen LogP contribution in [0, 0.1) is 5.92 Å². The van der Waals surface area contributed by atoms with Crippen molar-refractivity contribution in [2.45, 2.75) is 33.2 Å². The number of hydrogen-bond acceptors (Lipinski definition) is 6. The lowest BCUT2D eigenvalue weighted by molar-refractivity contribution is 0.0655. The minimum absolute atomic E-state index is 0.0530. The van der Waals surface area contributed by atoms with E-state index in [2.05, 4.69) is 10.3 Å². The van der Waals surface area contributed by atoms with Crippen molar-refractivity contribution in [2.24, 2.45) is 5.92 Å². The van der Waals surface area contributed by atoms with Crippen molar-refractivity contribution in [3.05, 3.63) is 58.2 Å². The normalized spacial score (nSPS) is 16.3. The van der Waals surface area contributed by atoms with E-state index in [-0.39, 0.29) is 23.3 Å². The summed E-state index contributed by atoms with van der Waals surface area (Å²) in [7, 11) is 0. The number of aromatic nitrogens is 3. The second kappa shape index (κ2) is 9.33. The zero-order valence-electron chi connectivity index (χ0n) is 18.4. The molecule has 0 radical (unpaired) electrons. The van der Waals surface area contributed by atoms with Crippen molar-refractivity contribution < 1.29 is 14.0 Å². The largest absolute Gasteiger partial charge is 0.422 e. The summed E-state index contributed by atoms with van der Waals surface area (Å²) in [6, 6.07) is 8.75. The quantitative estimate of drug-likeness (QED) is 0.549. The molecule has 1 atom stereocenters.